The number of aliphatic carboxylic acids is 2. The number of benzene rings is 1. The molecule has 0 saturated carbocycles. The number of carboxylic acid groups (broad SMARTS) is 2. The van der Waals surface area contributed by atoms with E-state index in [4.69, 9.17) is 22.9 Å². The first-order valence-corrected chi connectivity index (χ1v) is 19.4. The highest BCUT2D eigenvalue weighted by atomic mass is 16.4. The Morgan fingerprint density at radius 1 is 0.770 bits per heavy atom. The number of hydrogen-bond acceptors (Lipinski definition) is 13. The Kier molecular flexibility index (Phi) is 21.0. The van der Waals surface area contributed by atoms with Crippen molar-refractivity contribution < 1.29 is 63.6 Å². The Labute approximate surface area is 350 Å². The largest absolute Gasteiger partial charge is 0.481 e. The van der Waals surface area contributed by atoms with Crippen molar-refractivity contribution in [3.8, 4) is 0 Å². The molecule has 24 heteroatoms. The number of aliphatic hydroxyl groups is 2. The van der Waals surface area contributed by atoms with E-state index in [1.165, 1.54) is 6.92 Å². The maximum atomic E-state index is 14.1. The Hall–Kier alpha value is -6.40. The van der Waals surface area contributed by atoms with Crippen LogP contribution < -0.4 is 49.5 Å². The number of carboxylic acids is 2. The van der Waals surface area contributed by atoms with E-state index in [1.54, 1.807) is 30.3 Å². The predicted molar refractivity (Wildman–Crippen MR) is 214 cm³/mol. The molecule has 0 aliphatic carbocycles. The van der Waals surface area contributed by atoms with Crippen molar-refractivity contribution in [1.82, 2.24) is 31.5 Å². The van der Waals surface area contributed by atoms with Gasteiger partial charge in [0.15, 0.2) is 5.96 Å². The first-order valence-electron chi connectivity index (χ1n) is 19.4. The number of nitrogens with two attached hydrogens (primary N) is 4. The molecule has 1 aliphatic heterocycles. The summed E-state index contributed by atoms with van der Waals surface area (Å²) in [6, 6.07) is -2.22. The summed E-state index contributed by atoms with van der Waals surface area (Å²) in [5, 5.41) is 50.9. The van der Waals surface area contributed by atoms with Crippen LogP contribution in [0.1, 0.15) is 63.9 Å². The molecule has 1 heterocycles. The van der Waals surface area contributed by atoms with Gasteiger partial charge in [0.2, 0.25) is 41.4 Å². The summed E-state index contributed by atoms with van der Waals surface area (Å²) in [5.74, 6) is -9.62. The Balaban J connectivity index is 2.47. The van der Waals surface area contributed by atoms with Gasteiger partial charge in [-0.15, -0.1) is 0 Å². The number of nitrogens with one attached hydrogen (secondary N) is 5. The normalized spacial score (nSPS) is 16.9. The quantitative estimate of drug-likeness (QED) is 0.0235. The molecule has 7 amide bonds. The standard InChI is InChI=1S/C37H57N11O13/c1-19(50)29(35(59)48-16-6-10-26(48)36(60)61)47-33(57)22(9-5-15-42-37(40)41)44-34(58)25(17-20-7-3-2-4-8-20)46-32(56)24(12-14-28(52)53)45-31(55)23(11-13-27(39)51)43-30(54)21(38)18-49/h2-4,7-8,19,21-26,29,49-50H,5-6,9-18,38H2,1H3,(H2,39,51)(H,43,54)(H,44,58)(H,45,55)(H,46,56)(H,47,57)(H,52,53)(H,60,61)(H4,40,41,42)/t19-,21+,22+,23+,24+,25+,26+,29+/m1/s1. The summed E-state index contributed by atoms with van der Waals surface area (Å²) in [5.41, 5.74) is 22.1. The third-order valence-electron chi connectivity index (χ3n) is 9.49. The number of carbonyl (C=O) groups is 9. The Bertz CT molecular complexity index is 1740. The molecule has 0 unspecified atom stereocenters. The van der Waals surface area contributed by atoms with Gasteiger partial charge in [-0.05, 0) is 51.0 Å². The minimum absolute atomic E-state index is 0.00320. The molecule has 1 saturated heterocycles. The van der Waals surface area contributed by atoms with E-state index >= 15 is 0 Å². The monoisotopic (exact) mass is 863 g/mol. The lowest BCUT2D eigenvalue weighted by molar-refractivity contribution is -0.150. The molecule has 0 radical (unpaired) electrons. The van der Waals surface area contributed by atoms with E-state index < -0.39 is 128 Å². The third-order valence-corrected chi connectivity index (χ3v) is 9.49. The minimum Gasteiger partial charge on any atom is -0.481 e. The van der Waals surface area contributed by atoms with Crippen molar-refractivity contribution in [3.05, 3.63) is 35.9 Å². The highest BCUT2D eigenvalue weighted by Gasteiger charge is 2.40. The van der Waals surface area contributed by atoms with Crippen molar-refractivity contribution in [1.29, 1.82) is 0 Å². The van der Waals surface area contributed by atoms with Gasteiger partial charge in [0.1, 0.15) is 42.3 Å². The smallest absolute Gasteiger partial charge is 0.326 e. The summed E-state index contributed by atoms with van der Waals surface area (Å²) in [7, 11) is 0. The van der Waals surface area contributed by atoms with Gasteiger partial charge in [-0.3, -0.25) is 43.3 Å². The van der Waals surface area contributed by atoms with E-state index in [2.05, 4.69) is 31.6 Å². The number of carbonyl (C=O) groups excluding carboxylic acids is 7. The van der Waals surface area contributed by atoms with Gasteiger partial charge in [0.25, 0.3) is 0 Å². The van der Waals surface area contributed by atoms with E-state index in [1.807, 2.05) is 0 Å². The van der Waals surface area contributed by atoms with Crippen LogP contribution in [0.25, 0.3) is 0 Å². The number of primary amides is 1. The number of likely N-dealkylation sites (tertiary alicyclic amines) is 1. The van der Waals surface area contributed by atoms with Crippen LogP contribution >= 0.6 is 0 Å². The summed E-state index contributed by atoms with van der Waals surface area (Å²) < 4.78 is 0. The van der Waals surface area contributed by atoms with Crippen LogP contribution in [0.4, 0.5) is 0 Å². The van der Waals surface area contributed by atoms with Gasteiger partial charge in [-0.1, -0.05) is 30.3 Å². The van der Waals surface area contributed by atoms with Crippen LogP contribution in [0.3, 0.4) is 0 Å². The fourth-order valence-corrected chi connectivity index (χ4v) is 6.21. The van der Waals surface area contributed by atoms with E-state index in [0.29, 0.717) is 12.0 Å². The summed E-state index contributed by atoms with van der Waals surface area (Å²) >= 11 is 0. The van der Waals surface area contributed by atoms with Crippen LogP contribution in [0, 0.1) is 0 Å². The summed E-state index contributed by atoms with van der Waals surface area (Å²) in [6.45, 7) is 0.470. The minimum atomic E-state index is -1.66. The number of guanidine groups is 1. The number of aliphatic hydroxyl groups excluding tert-OH is 2. The first kappa shape index (κ1) is 50.7. The van der Waals surface area contributed by atoms with Gasteiger partial charge in [0.05, 0.1) is 12.7 Å². The Morgan fingerprint density at radius 3 is 1.82 bits per heavy atom. The van der Waals surface area contributed by atoms with Crippen LogP contribution in [0.5, 0.6) is 0 Å². The average molecular weight is 864 g/mol. The highest BCUT2D eigenvalue weighted by molar-refractivity contribution is 5.97. The number of aliphatic imine (C=N–C) groups is 1. The van der Waals surface area contributed by atoms with Crippen LogP contribution in [0.15, 0.2) is 35.3 Å². The maximum absolute atomic E-state index is 14.1. The predicted octanol–water partition coefficient (Wildman–Crippen LogP) is -5.39. The fraction of sp³-hybridized carbons (Fsp3) is 0.568. The van der Waals surface area contributed by atoms with Gasteiger partial charge >= 0.3 is 11.9 Å². The summed E-state index contributed by atoms with van der Waals surface area (Å²) in [4.78, 5) is 121. The number of amides is 7. The second kappa shape index (κ2) is 25.3. The zero-order valence-electron chi connectivity index (χ0n) is 33.7. The first-order chi connectivity index (χ1) is 28.7. The average Bonchev–Trinajstić information content (AvgIpc) is 3.71. The molecule has 338 valence electrons. The van der Waals surface area contributed by atoms with Gasteiger partial charge in [-0.2, -0.15) is 0 Å². The van der Waals surface area contributed by atoms with E-state index in [9.17, 15) is 63.6 Å². The lowest BCUT2D eigenvalue weighted by atomic mass is 10.0. The molecular formula is C37H57N11O13. The number of nitrogens with zero attached hydrogens (tertiary/aromatic N) is 2. The molecule has 0 bridgehead atoms. The zero-order chi connectivity index (χ0) is 45.8. The molecule has 17 N–H and O–H groups in total. The van der Waals surface area contributed by atoms with E-state index in [0.717, 1.165) is 4.90 Å². The van der Waals surface area contributed by atoms with E-state index in [-0.39, 0.29) is 51.2 Å². The topological polar surface area (TPSA) is 414 Å². The van der Waals surface area contributed by atoms with Crippen molar-refractivity contribution in [2.24, 2.45) is 27.9 Å². The van der Waals surface area contributed by atoms with Gasteiger partial charge in [-0.25, -0.2) is 4.79 Å². The molecule has 61 heavy (non-hydrogen) atoms. The van der Waals surface area contributed by atoms with Crippen molar-refractivity contribution in [3.63, 3.8) is 0 Å². The summed E-state index contributed by atoms with van der Waals surface area (Å²) in [6.07, 6.45) is -3.23. The molecule has 1 fully saturated rings. The Morgan fingerprint density at radius 2 is 1.30 bits per heavy atom. The number of hydrogen-bond donors (Lipinski definition) is 13. The SMILES string of the molecule is C[C@@H](O)[C@H](NC(=O)[C@H](CCCN=C(N)N)NC(=O)[C@H](Cc1ccccc1)NC(=O)[C@H](CCC(=O)O)NC(=O)[C@H](CCC(N)=O)NC(=O)[C@@H](N)CO)C(=O)N1CCC[C@H]1C(=O)O. The highest BCUT2D eigenvalue weighted by Crippen LogP contribution is 2.19. The molecule has 1 aromatic carbocycles. The van der Waals surface area contributed by atoms with Gasteiger partial charge < -0.3 is 74.8 Å². The van der Waals surface area contributed by atoms with Crippen molar-refractivity contribution >= 4 is 59.2 Å². The molecular weight excluding hydrogens is 806 g/mol. The van der Waals surface area contributed by atoms with Crippen molar-refractivity contribution in [2.75, 3.05) is 19.7 Å². The van der Waals surface area contributed by atoms with Crippen molar-refractivity contribution in [2.45, 2.75) is 113 Å². The third kappa shape index (κ3) is 17.4. The van der Waals surface area contributed by atoms with Crippen LogP contribution in [-0.2, 0) is 49.6 Å². The van der Waals surface area contributed by atoms with Crippen LogP contribution in [-0.4, -0.2) is 153 Å². The fourth-order valence-electron chi connectivity index (χ4n) is 6.21. The van der Waals surface area contributed by atoms with Crippen LogP contribution in [0.2, 0.25) is 0 Å². The zero-order valence-corrected chi connectivity index (χ0v) is 33.7. The lowest BCUT2D eigenvalue weighted by Gasteiger charge is -2.30. The molecule has 8 atom stereocenters. The molecule has 2 rings (SSSR count). The second-order valence-electron chi connectivity index (χ2n) is 14.4. The number of rotatable bonds is 26. The molecule has 0 aromatic heterocycles. The van der Waals surface area contributed by atoms with Gasteiger partial charge in [0, 0.05) is 32.4 Å². The molecule has 1 aromatic rings. The maximum Gasteiger partial charge on any atom is 0.326 e. The second-order valence-corrected chi connectivity index (χ2v) is 14.4. The molecule has 24 nitrogen and oxygen atoms in total. The lowest BCUT2D eigenvalue weighted by Crippen LogP contribution is -2.61. The molecule has 1 aliphatic rings. The molecule has 0 spiro atoms.